The highest BCUT2D eigenvalue weighted by molar-refractivity contribution is 7.98. The molecule has 0 saturated carbocycles. The molecule has 5 rings (SSSR count). The minimum atomic E-state index is -0.425. The largest absolute Gasteiger partial charge is 0.489 e. The van der Waals surface area contributed by atoms with E-state index in [1.165, 1.54) is 11.8 Å². The van der Waals surface area contributed by atoms with Gasteiger partial charge in [0.15, 0.2) is 5.78 Å². The van der Waals surface area contributed by atoms with Crippen LogP contribution in [0, 0.1) is 0 Å². The van der Waals surface area contributed by atoms with E-state index < -0.39 is 6.04 Å². The van der Waals surface area contributed by atoms with E-state index >= 15 is 0 Å². The third-order valence-corrected chi connectivity index (χ3v) is 7.97. The van der Waals surface area contributed by atoms with Gasteiger partial charge in [-0.25, -0.2) is 4.68 Å². The van der Waals surface area contributed by atoms with E-state index in [2.05, 4.69) is 10.3 Å². The number of rotatable bonds is 8. The molecule has 10 heteroatoms. The molecular weight excluding hydrogens is 563 g/mol. The molecule has 194 valence electrons. The number of anilines is 1. The average Bonchev–Trinajstić information content (AvgIpc) is 3.29. The van der Waals surface area contributed by atoms with Crippen LogP contribution in [0.2, 0.25) is 15.1 Å². The molecule has 0 spiro atoms. The average molecular weight is 586 g/mol. The maximum absolute atomic E-state index is 12.7. The smallest absolute Gasteiger partial charge is 0.227 e. The summed E-state index contributed by atoms with van der Waals surface area (Å²) in [5.74, 6) is 1.85. The lowest BCUT2D eigenvalue weighted by molar-refractivity contribution is -0.114. The number of fused-ring (bicyclic) bond motifs is 1. The number of thioether (sulfide) groups is 1. The minimum Gasteiger partial charge on any atom is -0.489 e. The van der Waals surface area contributed by atoms with Crippen molar-refractivity contribution in [3.63, 3.8) is 0 Å². The van der Waals surface area contributed by atoms with Gasteiger partial charge in [0, 0.05) is 37.7 Å². The van der Waals surface area contributed by atoms with Gasteiger partial charge in [-0.2, -0.15) is 4.98 Å². The quantitative estimate of drug-likeness (QED) is 0.211. The van der Waals surface area contributed by atoms with Crippen LogP contribution in [0.1, 0.15) is 36.6 Å². The third kappa shape index (κ3) is 5.71. The summed E-state index contributed by atoms with van der Waals surface area (Å²) in [7, 11) is 0. The van der Waals surface area contributed by atoms with Crippen LogP contribution in [0.15, 0.2) is 83.2 Å². The van der Waals surface area contributed by atoms with Crippen LogP contribution in [-0.2, 0) is 17.2 Å². The molecule has 1 aliphatic rings. The second-order valence-electron chi connectivity index (χ2n) is 8.76. The Kier molecular flexibility index (Phi) is 8.00. The molecular formula is C28H23Cl3N4O2S. The predicted octanol–water partition coefficient (Wildman–Crippen LogP) is 7.99. The maximum atomic E-state index is 12.7. The molecule has 1 aromatic heterocycles. The zero-order valence-electron chi connectivity index (χ0n) is 20.5. The first-order valence-corrected chi connectivity index (χ1v) is 13.9. The highest BCUT2D eigenvalue weighted by Gasteiger charge is 2.32. The normalized spacial score (nSPS) is 14.7. The predicted molar refractivity (Wildman–Crippen MR) is 153 cm³/mol. The van der Waals surface area contributed by atoms with Crippen molar-refractivity contribution in [3.8, 4) is 5.75 Å². The second kappa shape index (κ2) is 11.4. The molecule has 0 amide bonds. The van der Waals surface area contributed by atoms with Gasteiger partial charge in [0.05, 0.1) is 0 Å². The zero-order chi connectivity index (χ0) is 26.8. The molecule has 1 aliphatic heterocycles. The monoisotopic (exact) mass is 584 g/mol. The van der Waals surface area contributed by atoms with Crippen molar-refractivity contribution >= 4 is 58.3 Å². The Balaban J connectivity index is 1.38. The molecule has 6 nitrogen and oxygen atoms in total. The van der Waals surface area contributed by atoms with Crippen LogP contribution in [0.5, 0.6) is 5.75 Å². The Bertz CT molecular complexity index is 1540. The van der Waals surface area contributed by atoms with Crippen molar-refractivity contribution in [2.24, 2.45) is 0 Å². The molecule has 1 unspecified atom stereocenters. The van der Waals surface area contributed by atoms with Crippen LogP contribution in [-0.4, -0.2) is 20.5 Å². The van der Waals surface area contributed by atoms with Crippen LogP contribution in [0.4, 0.5) is 5.95 Å². The summed E-state index contributed by atoms with van der Waals surface area (Å²) in [5, 5.41) is 10.4. The molecule has 3 aromatic carbocycles. The van der Waals surface area contributed by atoms with E-state index in [4.69, 9.17) is 44.6 Å². The Morgan fingerprint density at radius 1 is 1.03 bits per heavy atom. The van der Waals surface area contributed by atoms with Gasteiger partial charge < -0.3 is 10.1 Å². The van der Waals surface area contributed by atoms with E-state index in [9.17, 15) is 4.79 Å². The highest BCUT2D eigenvalue weighted by Crippen LogP contribution is 2.37. The van der Waals surface area contributed by atoms with Crippen molar-refractivity contribution < 1.29 is 9.53 Å². The van der Waals surface area contributed by atoms with Crippen LogP contribution in [0.3, 0.4) is 0 Å². The summed E-state index contributed by atoms with van der Waals surface area (Å²) in [5.41, 5.74) is 4.12. The Morgan fingerprint density at radius 3 is 2.50 bits per heavy atom. The second-order valence-corrected chi connectivity index (χ2v) is 11.0. The van der Waals surface area contributed by atoms with Crippen molar-refractivity contribution in [1.82, 2.24) is 14.8 Å². The fourth-order valence-electron chi connectivity index (χ4n) is 4.26. The van der Waals surface area contributed by atoms with Gasteiger partial charge in [-0.3, -0.25) is 4.79 Å². The molecule has 0 radical (unpaired) electrons. The van der Waals surface area contributed by atoms with E-state index in [0.29, 0.717) is 49.9 Å². The van der Waals surface area contributed by atoms with E-state index in [1.54, 1.807) is 23.7 Å². The number of halogens is 3. The first-order valence-electron chi connectivity index (χ1n) is 11.8. The minimum absolute atomic E-state index is 0.0378. The number of ketones is 1. The van der Waals surface area contributed by atoms with Crippen molar-refractivity contribution in [2.75, 3.05) is 5.32 Å². The topological polar surface area (TPSA) is 69.0 Å². The third-order valence-electron chi connectivity index (χ3n) is 6.13. The van der Waals surface area contributed by atoms with E-state index in [1.807, 2.05) is 61.5 Å². The fourth-order valence-corrected chi connectivity index (χ4v) is 5.84. The lowest BCUT2D eigenvalue weighted by Gasteiger charge is -2.28. The van der Waals surface area contributed by atoms with Crippen molar-refractivity contribution in [3.05, 3.63) is 110 Å². The molecule has 0 bridgehead atoms. The Hall–Kier alpha value is -2.97. The Morgan fingerprint density at radius 2 is 1.79 bits per heavy atom. The number of aromatic nitrogens is 3. The van der Waals surface area contributed by atoms with Crippen molar-refractivity contribution in [1.29, 1.82) is 0 Å². The molecule has 0 fully saturated rings. The first kappa shape index (κ1) is 26.6. The molecule has 4 aromatic rings. The number of carbonyl (C=O) groups excluding carboxylic acids is 1. The van der Waals surface area contributed by atoms with Gasteiger partial charge in [-0.1, -0.05) is 83.0 Å². The number of hydrogen-bond donors (Lipinski definition) is 1. The molecule has 1 N–H and O–H groups in total. The van der Waals surface area contributed by atoms with Crippen LogP contribution >= 0.6 is 46.6 Å². The SMILES string of the molecule is CC(=O)C1=C(C)Nc2nc(SCc3ccccc3Cl)nn2C1c1ccc(OCc2ccc(Cl)cc2Cl)cc1. The summed E-state index contributed by atoms with van der Waals surface area (Å²) >= 11 is 20.1. The van der Waals surface area contributed by atoms with Gasteiger partial charge in [0.2, 0.25) is 11.1 Å². The van der Waals surface area contributed by atoms with Gasteiger partial charge in [0.25, 0.3) is 0 Å². The number of Topliss-reactive ketones (excluding diaryl/α,β-unsaturated/α-hetero) is 1. The molecule has 1 atom stereocenters. The standard InChI is InChI=1S/C28H23Cl3N4O2S/c1-16-25(17(2)36)26(18-8-11-22(12-9-18)37-14-19-7-10-21(29)13-24(19)31)35-27(32-16)33-28(34-35)38-15-20-5-3-4-6-23(20)30/h3-13,26H,14-15H2,1-2H3,(H,32,33,34). The number of hydrogen-bond acceptors (Lipinski definition) is 6. The fraction of sp³-hybridized carbons (Fsp3) is 0.179. The van der Waals surface area contributed by atoms with E-state index in [-0.39, 0.29) is 5.78 Å². The molecule has 2 heterocycles. The van der Waals surface area contributed by atoms with Gasteiger partial charge in [-0.05, 0) is 55.3 Å². The summed E-state index contributed by atoms with van der Waals surface area (Å²) in [6.45, 7) is 3.75. The van der Waals surface area contributed by atoms with E-state index in [0.717, 1.165) is 22.4 Å². The van der Waals surface area contributed by atoms with Gasteiger partial charge in [0.1, 0.15) is 18.4 Å². The summed E-state index contributed by atoms with van der Waals surface area (Å²) in [6, 6.07) is 20.2. The Labute approximate surface area is 240 Å². The van der Waals surface area contributed by atoms with Crippen LogP contribution < -0.4 is 10.1 Å². The number of nitrogens with one attached hydrogen (secondary N) is 1. The summed E-state index contributed by atoms with van der Waals surface area (Å²) in [4.78, 5) is 17.4. The van der Waals surface area contributed by atoms with Gasteiger partial charge in [-0.15, -0.1) is 5.10 Å². The lowest BCUT2D eigenvalue weighted by Crippen LogP contribution is -2.27. The van der Waals surface area contributed by atoms with Crippen molar-refractivity contribution in [2.45, 2.75) is 37.4 Å². The maximum Gasteiger partial charge on any atom is 0.227 e. The molecule has 0 aliphatic carbocycles. The lowest BCUT2D eigenvalue weighted by atomic mass is 9.93. The number of ether oxygens (including phenoxy) is 1. The number of benzene rings is 3. The number of allylic oxidation sites excluding steroid dienone is 2. The summed E-state index contributed by atoms with van der Waals surface area (Å²) < 4.78 is 7.71. The number of nitrogens with zero attached hydrogens (tertiary/aromatic N) is 3. The van der Waals surface area contributed by atoms with Crippen LogP contribution in [0.25, 0.3) is 0 Å². The zero-order valence-corrected chi connectivity index (χ0v) is 23.6. The molecule has 38 heavy (non-hydrogen) atoms. The number of carbonyl (C=O) groups is 1. The molecule has 0 saturated heterocycles. The van der Waals surface area contributed by atoms with Gasteiger partial charge >= 0.3 is 0 Å². The highest BCUT2D eigenvalue weighted by atomic mass is 35.5. The first-order chi connectivity index (χ1) is 18.3. The summed E-state index contributed by atoms with van der Waals surface area (Å²) in [6.07, 6.45) is 0.